The van der Waals surface area contributed by atoms with Crippen molar-refractivity contribution in [1.29, 1.82) is 0 Å². The van der Waals surface area contributed by atoms with Crippen molar-refractivity contribution < 1.29 is 14.3 Å². The molecule has 0 bridgehead atoms. The van der Waals surface area contributed by atoms with Gasteiger partial charge in [-0.25, -0.2) is 0 Å². The molecule has 3 aromatic rings. The van der Waals surface area contributed by atoms with E-state index in [1.54, 1.807) is 11.3 Å². The van der Waals surface area contributed by atoms with Gasteiger partial charge in [0, 0.05) is 17.5 Å². The van der Waals surface area contributed by atoms with E-state index in [1.807, 2.05) is 81.4 Å². The highest BCUT2D eigenvalue weighted by Crippen LogP contribution is 2.25. The molecule has 0 aliphatic rings. The van der Waals surface area contributed by atoms with Gasteiger partial charge in [-0.1, -0.05) is 35.9 Å². The number of nitrogens with one attached hydrogen (secondary N) is 2. The fraction of sp³-hybridized carbons (Fsp3) is 0.217. The van der Waals surface area contributed by atoms with Crippen molar-refractivity contribution >= 4 is 33.8 Å². The largest absolute Gasteiger partial charge is 0.484 e. The third kappa shape index (κ3) is 8.19. The summed E-state index contributed by atoms with van der Waals surface area (Å²) in [5.74, 6) is 0.525. The van der Waals surface area contributed by atoms with Crippen LogP contribution in [0.4, 0.5) is 10.7 Å². The highest BCUT2D eigenvalue weighted by atomic mass is 32.1. The lowest BCUT2D eigenvalue weighted by atomic mass is 10.2. The normalized spacial score (nSPS) is 9.79. The molecule has 0 saturated carbocycles. The number of amides is 2. The molecule has 1 heterocycles. The Morgan fingerprint density at radius 1 is 0.931 bits per heavy atom. The van der Waals surface area contributed by atoms with Crippen LogP contribution in [0.5, 0.6) is 5.75 Å². The lowest BCUT2D eigenvalue weighted by Crippen LogP contribution is -2.20. The zero-order valence-corrected chi connectivity index (χ0v) is 17.9. The zero-order chi connectivity index (χ0) is 21.2. The Hall–Kier alpha value is -3.12. The number of benzene rings is 2. The van der Waals surface area contributed by atoms with Crippen molar-refractivity contribution in [2.24, 2.45) is 0 Å². The summed E-state index contributed by atoms with van der Waals surface area (Å²) in [6.45, 7) is 7.62. The summed E-state index contributed by atoms with van der Waals surface area (Å²) in [5.41, 5.74) is 3.17. The molecular formula is C23H26N2O3S. The molecule has 0 atom stereocenters. The molecular weight excluding hydrogens is 384 g/mol. The maximum Gasteiger partial charge on any atom is 0.262 e. The van der Waals surface area contributed by atoms with Gasteiger partial charge < -0.3 is 15.4 Å². The second kappa shape index (κ2) is 11.0. The van der Waals surface area contributed by atoms with Gasteiger partial charge in [0.25, 0.3) is 5.91 Å². The Morgan fingerprint density at radius 2 is 1.59 bits per heavy atom. The van der Waals surface area contributed by atoms with E-state index >= 15 is 0 Å². The smallest absolute Gasteiger partial charge is 0.262 e. The number of ether oxygens (including phenoxy) is 1. The third-order valence-electron chi connectivity index (χ3n) is 3.91. The molecule has 0 aliphatic heterocycles. The summed E-state index contributed by atoms with van der Waals surface area (Å²) >= 11 is 1.61. The van der Waals surface area contributed by atoms with Crippen LogP contribution in [-0.4, -0.2) is 18.4 Å². The molecule has 0 spiro atoms. The van der Waals surface area contributed by atoms with Crippen molar-refractivity contribution in [3.8, 4) is 5.75 Å². The van der Waals surface area contributed by atoms with Gasteiger partial charge in [0.1, 0.15) is 5.75 Å². The summed E-state index contributed by atoms with van der Waals surface area (Å²) < 4.78 is 5.38. The number of para-hydroxylation sites is 1. The molecule has 2 aromatic carbocycles. The summed E-state index contributed by atoms with van der Waals surface area (Å²) in [6.07, 6.45) is 0. The van der Waals surface area contributed by atoms with Crippen LogP contribution in [0.1, 0.15) is 22.9 Å². The van der Waals surface area contributed by atoms with E-state index in [9.17, 15) is 9.59 Å². The minimum absolute atomic E-state index is 0.00810. The summed E-state index contributed by atoms with van der Waals surface area (Å²) in [4.78, 5) is 23.5. The van der Waals surface area contributed by atoms with Gasteiger partial charge in [-0.2, -0.15) is 0 Å². The molecule has 5 nitrogen and oxygen atoms in total. The number of rotatable bonds is 5. The van der Waals surface area contributed by atoms with Crippen LogP contribution in [-0.2, 0) is 9.59 Å². The van der Waals surface area contributed by atoms with Gasteiger partial charge in [-0.3, -0.25) is 9.59 Å². The Balaban J connectivity index is 0.000000234. The highest BCUT2D eigenvalue weighted by Gasteiger charge is 2.03. The first kappa shape index (κ1) is 22.2. The van der Waals surface area contributed by atoms with E-state index in [2.05, 4.69) is 10.6 Å². The van der Waals surface area contributed by atoms with Gasteiger partial charge in [0.05, 0.1) is 5.00 Å². The van der Waals surface area contributed by atoms with E-state index < -0.39 is 0 Å². The first-order valence-corrected chi connectivity index (χ1v) is 10.0. The Labute approximate surface area is 175 Å². The molecule has 6 heteroatoms. The van der Waals surface area contributed by atoms with E-state index in [4.69, 9.17) is 4.74 Å². The number of hydrogen-bond acceptors (Lipinski definition) is 4. The van der Waals surface area contributed by atoms with Gasteiger partial charge in [0.2, 0.25) is 5.91 Å². The first-order valence-electron chi connectivity index (χ1n) is 9.22. The molecule has 3 rings (SSSR count). The minimum atomic E-state index is -0.165. The van der Waals surface area contributed by atoms with Gasteiger partial charge in [-0.05, 0) is 56.7 Å². The number of carbonyl (C=O) groups is 2. The summed E-state index contributed by atoms with van der Waals surface area (Å²) in [7, 11) is 0. The average molecular weight is 411 g/mol. The maximum atomic E-state index is 11.6. The number of anilines is 2. The van der Waals surface area contributed by atoms with Crippen molar-refractivity contribution in [3.63, 3.8) is 0 Å². The molecule has 0 fully saturated rings. The zero-order valence-electron chi connectivity index (χ0n) is 17.1. The van der Waals surface area contributed by atoms with Crippen LogP contribution >= 0.6 is 11.3 Å². The first-order chi connectivity index (χ1) is 13.8. The topological polar surface area (TPSA) is 67.4 Å². The summed E-state index contributed by atoms with van der Waals surface area (Å²) in [6, 6.07) is 18.9. The predicted molar refractivity (Wildman–Crippen MR) is 120 cm³/mol. The lowest BCUT2D eigenvalue weighted by molar-refractivity contribution is -0.118. The minimum Gasteiger partial charge on any atom is -0.484 e. The Bertz CT molecular complexity index is 915. The molecule has 0 unspecified atom stereocenters. The van der Waals surface area contributed by atoms with Crippen molar-refractivity contribution in [1.82, 2.24) is 0 Å². The van der Waals surface area contributed by atoms with Crippen LogP contribution in [0.2, 0.25) is 0 Å². The maximum absolute atomic E-state index is 11.6. The molecule has 29 heavy (non-hydrogen) atoms. The average Bonchev–Trinajstić information content (AvgIpc) is 2.99. The predicted octanol–water partition coefficient (Wildman–Crippen LogP) is 5.34. The molecule has 0 radical (unpaired) electrons. The van der Waals surface area contributed by atoms with Crippen molar-refractivity contribution in [2.45, 2.75) is 27.7 Å². The number of carbonyl (C=O) groups excluding carboxylic acids is 2. The molecule has 152 valence electrons. The quantitative estimate of drug-likeness (QED) is 0.597. The fourth-order valence-corrected chi connectivity index (χ4v) is 3.29. The van der Waals surface area contributed by atoms with Gasteiger partial charge >= 0.3 is 0 Å². The van der Waals surface area contributed by atoms with Crippen molar-refractivity contribution in [2.75, 3.05) is 17.2 Å². The number of thiophene rings is 1. The van der Waals surface area contributed by atoms with Gasteiger partial charge in [-0.15, -0.1) is 11.3 Å². The van der Waals surface area contributed by atoms with E-state index in [0.717, 1.165) is 16.3 Å². The van der Waals surface area contributed by atoms with E-state index in [0.29, 0.717) is 5.75 Å². The fourth-order valence-electron chi connectivity index (χ4n) is 2.31. The molecule has 1 aromatic heterocycles. The monoisotopic (exact) mass is 410 g/mol. The second-order valence-electron chi connectivity index (χ2n) is 6.55. The molecule has 2 N–H and O–H groups in total. The summed E-state index contributed by atoms with van der Waals surface area (Å²) in [5, 5.41) is 6.44. The van der Waals surface area contributed by atoms with Crippen molar-refractivity contribution in [3.05, 3.63) is 76.7 Å². The second-order valence-corrected chi connectivity index (χ2v) is 7.80. The standard InChI is InChI=1S/C15H15NO2.C8H11NOS/c1-12-7-9-14(10-8-12)18-11-15(17)16-13-5-3-2-4-6-13;1-5-4-8(9-7(3)10)11-6(5)2/h2-10H,11H2,1H3,(H,16,17);4H,1-3H3,(H,9,10). The van der Waals surface area contributed by atoms with Crippen LogP contribution in [0, 0.1) is 20.8 Å². The molecule has 2 amide bonds. The van der Waals surface area contributed by atoms with Crippen LogP contribution in [0.25, 0.3) is 0 Å². The van der Waals surface area contributed by atoms with Crippen LogP contribution < -0.4 is 15.4 Å². The molecule has 0 saturated heterocycles. The van der Waals surface area contributed by atoms with E-state index in [1.165, 1.54) is 17.4 Å². The highest BCUT2D eigenvalue weighted by molar-refractivity contribution is 7.16. The Morgan fingerprint density at radius 3 is 2.14 bits per heavy atom. The molecule has 0 aliphatic carbocycles. The third-order valence-corrected chi connectivity index (χ3v) is 4.98. The SMILES string of the molecule is CC(=O)Nc1cc(C)c(C)s1.Cc1ccc(OCC(=O)Nc2ccccc2)cc1. The van der Waals surface area contributed by atoms with Crippen LogP contribution in [0.15, 0.2) is 60.7 Å². The number of aryl methyl sites for hydroxylation is 3. The van der Waals surface area contributed by atoms with Gasteiger partial charge in [0.15, 0.2) is 6.61 Å². The number of hydrogen-bond donors (Lipinski definition) is 2. The Kier molecular flexibility index (Phi) is 8.43. The van der Waals surface area contributed by atoms with Crippen LogP contribution in [0.3, 0.4) is 0 Å². The van der Waals surface area contributed by atoms with E-state index in [-0.39, 0.29) is 18.4 Å². The lowest BCUT2D eigenvalue weighted by Gasteiger charge is -2.07.